The van der Waals surface area contributed by atoms with Crippen molar-refractivity contribution >= 4 is 17.3 Å². The lowest BCUT2D eigenvalue weighted by molar-refractivity contribution is 0.0682. The normalized spacial score (nSPS) is 17.0. The van der Waals surface area contributed by atoms with E-state index in [-0.39, 0.29) is 6.10 Å². The van der Waals surface area contributed by atoms with Crippen LogP contribution in [0.15, 0.2) is 48.5 Å². The van der Waals surface area contributed by atoms with Crippen molar-refractivity contribution in [2.45, 2.75) is 31.8 Å². The molecule has 2 aromatic rings. The summed E-state index contributed by atoms with van der Waals surface area (Å²) in [5.74, 6) is 0.894. The van der Waals surface area contributed by atoms with Crippen LogP contribution in [0.5, 0.6) is 5.75 Å². The van der Waals surface area contributed by atoms with Gasteiger partial charge in [0.25, 0.3) is 0 Å². The highest BCUT2D eigenvalue weighted by molar-refractivity contribution is 6.31. The molecule has 1 atom stereocenters. The lowest BCUT2D eigenvalue weighted by atomic mass is 10.1. The zero-order valence-corrected chi connectivity index (χ0v) is 14.6. The first kappa shape index (κ1) is 17.1. The third kappa shape index (κ3) is 4.89. The van der Waals surface area contributed by atoms with E-state index in [2.05, 4.69) is 17.4 Å². The van der Waals surface area contributed by atoms with Gasteiger partial charge in [0.2, 0.25) is 0 Å². The number of hydrogen-bond acceptors (Lipinski definition) is 3. The molecule has 1 fully saturated rings. The van der Waals surface area contributed by atoms with Gasteiger partial charge in [0.1, 0.15) is 12.4 Å². The van der Waals surface area contributed by atoms with E-state index in [4.69, 9.17) is 21.1 Å². The minimum absolute atomic E-state index is 0.235. The van der Waals surface area contributed by atoms with Gasteiger partial charge in [0.15, 0.2) is 0 Å². The van der Waals surface area contributed by atoms with E-state index >= 15 is 0 Å². The Balaban J connectivity index is 1.47. The van der Waals surface area contributed by atoms with Gasteiger partial charge in [0, 0.05) is 18.2 Å². The Hall–Kier alpha value is -1.71. The van der Waals surface area contributed by atoms with Crippen LogP contribution in [0.25, 0.3) is 0 Å². The van der Waals surface area contributed by atoms with Crippen molar-refractivity contribution in [2.75, 3.05) is 25.1 Å². The standard InChI is InChI=1S/C20H24ClNO2/c21-18-10-2-1-7-16(18)8-5-13-22-19-11-3-4-12-20(19)24-15-17-9-6-14-23-17/h1-4,7,10-12,17,22H,5-6,8-9,13-15H2. The van der Waals surface area contributed by atoms with Crippen LogP contribution < -0.4 is 10.1 Å². The summed E-state index contributed by atoms with van der Waals surface area (Å²) < 4.78 is 11.6. The average molecular weight is 346 g/mol. The van der Waals surface area contributed by atoms with Crippen LogP contribution in [0.3, 0.4) is 0 Å². The summed E-state index contributed by atoms with van der Waals surface area (Å²) >= 11 is 6.20. The van der Waals surface area contributed by atoms with Crippen LogP contribution >= 0.6 is 11.6 Å². The molecule has 0 radical (unpaired) electrons. The quantitative estimate of drug-likeness (QED) is 0.687. The zero-order chi connectivity index (χ0) is 16.6. The topological polar surface area (TPSA) is 30.5 Å². The van der Waals surface area contributed by atoms with Crippen molar-refractivity contribution in [3.05, 3.63) is 59.1 Å². The van der Waals surface area contributed by atoms with Gasteiger partial charge in [-0.1, -0.05) is 41.9 Å². The van der Waals surface area contributed by atoms with Crippen LogP contribution in [0.4, 0.5) is 5.69 Å². The molecule has 1 aliphatic rings. The second-order valence-electron chi connectivity index (χ2n) is 6.06. The van der Waals surface area contributed by atoms with Crippen molar-refractivity contribution in [1.29, 1.82) is 0 Å². The van der Waals surface area contributed by atoms with Crippen LogP contribution in [-0.4, -0.2) is 25.9 Å². The summed E-state index contributed by atoms with van der Waals surface area (Å²) in [7, 11) is 0. The molecule has 0 spiro atoms. The molecular weight excluding hydrogens is 322 g/mol. The molecule has 0 amide bonds. The van der Waals surface area contributed by atoms with Crippen molar-refractivity contribution in [3.8, 4) is 5.75 Å². The Labute approximate surface area is 148 Å². The van der Waals surface area contributed by atoms with E-state index in [1.807, 2.05) is 36.4 Å². The first-order valence-corrected chi connectivity index (χ1v) is 9.01. The van der Waals surface area contributed by atoms with Crippen molar-refractivity contribution in [3.63, 3.8) is 0 Å². The SMILES string of the molecule is Clc1ccccc1CCCNc1ccccc1OCC1CCCO1. The Morgan fingerprint density at radius 3 is 2.79 bits per heavy atom. The second kappa shape index (κ2) is 8.95. The fourth-order valence-corrected chi connectivity index (χ4v) is 3.13. The number of para-hydroxylation sites is 2. The Bertz CT molecular complexity index is 641. The molecule has 1 unspecified atom stereocenters. The highest BCUT2D eigenvalue weighted by Crippen LogP contribution is 2.25. The zero-order valence-electron chi connectivity index (χ0n) is 13.8. The molecule has 1 aliphatic heterocycles. The highest BCUT2D eigenvalue weighted by atomic mass is 35.5. The van der Waals surface area contributed by atoms with Crippen LogP contribution in [-0.2, 0) is 11.2 Å². The fourth-order valence-electron chi connectivity index (χ4n) is 2.90. The van der Waals surface area contributed by atoms with Crippen molar-refractivity contribution in [2.24, 2.45) is 0 Å². The molecule has 3 rings (SSSR count). The monoisotopic (exact) mass is 345 g/mol. The number of rotatable bonds is 8. The van der Waals surface area contributed by atoms with Crippen molar-refractivity contribution < 1.29 is 9.47 Å². The number of ether oxygens (including phenoxy) is 2. The summed E-state index contributed by atoms with van der Waals surface area (Å²) in [6.07, 6.45) is 4.44. The molecule has 0 aliphatic carbocycles. The molecule has 2 aromatic carbocycles. The highest BCUT2D eigenvalue weighted by Gasteiger charge is 2.16. The molecule has 24 heavy (non-hydrogen) atoms. The van der Waals surface area contributed by atoms with Crippen LogP contribution in [0.2, 0.25) is 5.02 Å². The molecule has 3 nitrogen and oxygen atoms in total. The average Bonchev–Trinajstić information content (AvgIpc) is 3.13. The number of anilines is 1. The number of nitrogens with one attached hydrogen (secondary N) is 1. The van der Waals surface area contributed by atoms with Gasteiger partial charge in [-0.25, -0.2) is 0 Å². The third-order valence-corrected chi connectivity index (χ3v) is 4.60. The molecule has 128 valence electrons. The fraction of sp³-hybridized carbons (Fsp3) is 0.400. The van der Waals surface area contributed by atoms with E-state index < -0.39 is 0 Å². The third-order valence-electron chi connectivity index (χ3n) is 4.23. The van der Waals surface area contributed by atoms with E-state index in [9.17, 15) is 0 Å². The van der Waals surface area contributed by atoms with E-state index in [0.29, 0.717) is 6.61 Å². The molecule has 0 aromatic heterocycles. The first-order chi connectivity index (χ1) is 11.8. The smallest absolute Gasteiger partial charge is 0.142 e. The molecule has 1 heterocycles. The van der Waals surface area contributed by atoms with E-state index in [1.165, 1.54) is 5.56 Å². The predicted octanol–water partition coefficient (Wildman–Crippen LogP) is 4.94. The lowest BCUT2D eigenvalue weighted by Gasteiger charge is -2.15. The molecular formula is C20H24ClNO2. The molecule has 1 saturated heterocycles. The summed E-state index contributed by atoms with van der Waals surface area (Å²) in [5, 5.41) is 4.31. The molecule has 1 N–H and O–H groups in total. The van der Waals surface area contributed by atoms with Gasteiger partial charge < -0.3 is 14.8 Å². The van der Waals surface area contributed by atoms with E-state index in [0.717, 1.165) is 55.3 Å². The van der Waals surface area contributed by atoms with Gasteiger partial charge >= 0.3 is 0 Å². The van der Waals surface area contributed by atoms with E-state index in [1.54, 1.807) is 0 Å². The number of halogens is 1. The molecule has 4 heteroatoms. The van der Waals surface area contributed by atoms with Gasteiger partial charge in [0.05, 0.1) is 11.8 Å². The van der Waals surface area contributed by atoms with Crippen molar-refractivity contribution in [1.82, 2.24) is 0 Å². The maximum absolute atomic E-state index is 6.20. The number of benzene rings is 2. The minimum Gasteiger partial charge on any atom is -0.489 e. The summed E-state index contributed by atoms with van der Waals surface area (Å²) in [6.45, 7) is 2.36. The van der Waals surface area contributed by atoms with Gasteiger partial charge in [-0.15, -0.1) is 0 Å². The largest absolute Gasteiger partial charge is 0.489 e. The first-order valence-electron chi connectivity index (χ1n) is 8.63. The van der Waals surface area contributed by atoms with Crippen LogP contribution in [0, 0.1) is 0 Å². The number of hydrogen-bond donors (Lipinski definition) is 1. The maximum Gasteiger partial charge on any atom is 0.142 e. The summed E-state index contributed by atoms with van der Waals surface area (Å²) in [4.78, 5) is 0. The lowest BCUT2D eigenvalue weighted by Crippen LogP contribution is -2.17. The Kier molecular flexibility index (Phi) is 6.39. The van der Waals surface area contributed by atoms with Gasteiger partial charge in [-0.2, -0.15) is 0 Å². The summed E-state index contributed by atoms with van der Waals surface area (Å²) in [5.41, 5.74) is 2.23. The van der Waals surface area contributed by atoms with Gasteiger partial charge in [-0.3, -0.25) is 0 Å². The predicted molar refractivity (Wildman–Crippen MR) is 99.2 cm³/mol. The van der Waals surface area contributed by atoms with Crippen LogP contribution in [0.1, 0.15) is 24.8 Å². The van der Waals surface area contributed by atoms with Gasteiger partial charge in [-0.05, 0) is 49.4 Å². The Morgan fingerprint density at radius 1 is 1.12 bits per heavy atom. The minimum atomic E-state index is 0.235. The number of aryl methyl sites for hydroxylation is 1. The Morgan fingerprint density at radius 2 is 1.96 bits per heavy atom. The summed E-state index contributed by atoms with van der Waals surface area (Å²) in [6, 6.07) is 16.1. The maximum atomic E-state index is 6.20. The molecule has 0 saturated carbocycles. The molecule has 0 bridgehead atoms. The second-order valence-corrected chi connectivity index (χ2v) is 6.47.